The van der Waals surface area contributed by atoms with E-state index in [1.165, 1.54) is 12.3 Å². The second kappa shape index (κ2) is 3.15. The molecule has 0 aliphatic heterocycles. The van der Waals surface area contributed by atoms with Gasteiger partial charge in [0.25, 0.3) is 9.05 Å². The SMILES string of the molecule is O=S(=O)(Cl)c1cccc2c(Cl)c[nH]c12. The Morgan fingerprint density at radius 2 is 2.00 bits per heavy atom. The minimum atomic E-state index is -3.73. The summed E-state index contributed by atoms with van der Waals surface area (Å²) in [4.78, 5) is 2.81. The van der Waals surface area contributed by atoms with Crippen LogP contribution < -0.4 is 0 Å². The van der Waals surface area contributed by atoms with E-state index < -0.39 is 9.05 Å². The Kier molecular flexibility index (Phi) is 2.21. The second-order valence-corrected chi connectivity index (χ2v) is 5.69. The van der Waals surface area contributed by atoms with Gasteiger partial charge in [0, 0.05) is 22.3 Å². The van der Waals surface area contributed by atoms with Gasteiger partial charge in [0.05, 0.1) is 10.5 Å². The summed E-state index contributed by atoms with van der Waals surface area (Å²) >= 11 is 5.83. The third-order valence-corrected chi connectivity index (χ3v) is 3.57. The quantitative estimate of drug-likeness (QED) is 0.791. The minimum absolute atomic E-state index is 0.0450. The summed E-state index contributed by atoms with van der Waals surface area (Å²) in [6.07, 6.45) is 1.53. The van der Waals surface area contributed by atoms with Gasteiger partial charge >= 0.3 is 0 Å². The molecule has 1 aromatic heterocycles. The molecule has 1 aromatic carbocycles. The van der Waals surface area contributed by atoms with Gasteiger partial charge in [-0.15, -0.1) is 0 Å². The first-order chi connectivity index (χ1) is 6.50. The van der Waals surface area contributed by atoms with Crippen molar-refractivity contribution in [3.05, 3.63) is 29.4 Å². The van der Waals surface area contributed by atoms with E-state index in [4.69, 9.17) is 22.3 Å². The van der Waals surface area contributed by atoms with Crippen molar-refractivity contribution in [1.82, 2.24) is 4.98 Å². The van der Waals surface area contributed by atoms with Gasteiger partial charge in [-0.25, -0.2) is 8.42 Å². The van der Waals surface area contributed by atoms with Crippen molar-refractivity contribution in [3.63, 3.8) is 0 Å². The molecule has 1 heterocycles. The molecule has 14 heavy (non-hydrogen) atoms. The van der Waals surface area contributed by atoms with Crippen LogP contribution in [0.2, 0.25) is 5.02 Å². The average molecular weight is 250 g/mol. The third-order valence-electron chi connectivity index (χ3n) is 1.89. The molecule has 0 atom stereocenters. The fourth-order valence-electron chi connectivity index (χ4n) is 1.30. The lowest BCUT2D eigenvalue weighted by Gasteiger charge is -1.97. The van der Waals surface area contributed by atoms with Crippen LogP contribution in [-0.2, 0) is 9.05 Å². The Labute approximate surface area is 90.1 Å². The second-order valence-electron chi connectivity index (χ2n) is 2.75. The number of fused-ring (bicyclic) bond motifs is 1. The summed E-state index contributed by atoms with van der Waals surface area (Å²) < 4.78 is 22.3. The first kappa shape index (κ1) is 9.83. The molecule has 1 N–H and O–H groups in total. The predicted octanol–water partition coefficient (Wildman–Crippen LogP) is 2.75. The summed E-state index contributed by atoms with van der Waals surface area (Å²) in [7, 11) is 1.52. The van der Waals surface area contributed by atoms with E-state index in [2.05, 4.69) is 4.98 Å². The Bertz CT molecular complexity index is 588. The Morgan fingerprint density at radius 3 is 2.64 bits per heavy atom. The van der Waals surface area contributed by atoms with Crippen molar-refractivity contribution in [3.8, 4) is 0 Å². The van der Waals surface area contributed by atoms with E-state index in [-0.39, 0.29) is 4.90 Å². The van der Waals surface area contributed by atoms with E-state index in [0.717, 1.165) is 0 Å². The van der Waals surface area contributed by atoms with Gasteiger partial charge in [0.1, 0.15) is 4.90 Å². The van der Waals surface area contributed by atoms with Gasteiger partial charge in [-0.2, -0.15) is 0 Å². The van der Waals surface area contributed by atoms with Crippen molar-refractivity contribution in [2.75, 3.05) is 0 Å². The molecule has 74 valence electrons. The average Bonchev–Trinajstić information content (AvgIpc) is 2.46. The van der Waals surface area contributed by atoms with E-state index in [1.54, 1.807) is 12.1 Å². The van der Waals surface area contributed by atoms with Gasteiger partial charge in [-0.1, -0.05) is 23.7 Å². The van der Waals surface area contributed by atoms with Gasteiger partial charge in [0.2, 0.25) is 0 Å². The fraction of sp³-hybridized carbons (Fsp3) is 0. The van der Waals surface area contributed by atoms with Crippen LogP contribution >= 0.6 is 22.3 Å². The number of nitrogens with one attached hydrogen (secondary N) is 1. The van der Waals surface area contributed by atoms with Crippen LogP contribution in [-0.4, -0.2) is 13.4 Å². The zero-order valence-corrected chi connectivity index (χ0v) is 9.12. The number of aromatic nitrogens is 1. The van der Waals surface area contributed by atoms with Crippen LogP contribution in [0.5, 0.6) is 0 Å². The van der Waals surface area contributed by atoms with Gasteiger partial charge in [0.15, 0.2) is 0 Å². The molecule has 2 aromatic rings. The summed E-state index contributed by atoms with van der Waals surface area (Å²) in [6.45, 7) is 0. The number of rotatable bonds is 1. The van der Waals surface area contributed by atoms with Crippen LogP contribution in [0.25, 0.3) is 10.9 Å². The molecule has 0 bridgehead atoms. The lowest BCUT2D eigenvalue weighted by molar-refractivity contribution is 0.610. The molecule has 0 unspecified atom stereocenters. The molecule has 6 heteroatoms. The first-order valence-corrected chi connectivity index (χ1v) is 6.39. The van der Waals surface area contributed by atoms with Crippen LogP contribution in [0.15, 0.2) is 29.3 Å². The normalized spacial score (nSPS) is 12.1. The highest BCUT2D eigenvalue weighted by Crippen LogP contribution is 2.29. The molecular weight excluding hydrogens is 245 g/mol. The molecular formula is C8H5Cl2NO2S. The number of H-pyrrole nitrogens is 1. The Hall–Kier alpha value is -0.710. The number of hydrogen-bond acceptors (Lipinski definition) is 2. The number of halogens is 2. The van der Waals surface area contributed by atoms with Crippen LogP contribution in [0.1, 0.15) is 0 Å². The largest absolute Gasteiger partial charge is 0.359 e. The molecule has 3 nitrogen and oxygen atoms in total. The number of para-hydroxylation sites is 1. The molecule has 0 aliphatic carbocycles. The minimum Gasteiger partial charge on any atom is -0.359 e. The molecule has 0 amide bonds. The highest BCUT2D eigenvalue weighted by atomic mass is 35.7. The zero-order valence-electron chi connectivity index (χ0n) is 6.79. The highest BCUT2D eigenvalue weighted by Gasteiger charge is 2.15. The monoisotopic (exact) mass is 249 g/mol. The molecule has 0 saturated heterocycles. The predicted molar refractivity (Wildman–Crippen MR) is 56.3 cm³/mol. The molecule has 0 radical (unpaired) electrons. The van der Waals surface area contributed by atoms with Crippen molar-refractivity contribution in [1.29, 1.82) is 0 Å². The van der Waals surface area contributed by atoms with Crippen LogP contribution in [0.4, 0.5) is 0 Å². The molecule has 0 aliphatic rings. The molecule has 2 rings (SSSR count). The first-order valence-electron chi connectivity index (χ1n) is 3.70. The van der Waals surface area contributed by atoms with E-state index in [0.29, 0.717) is 15.9 Å². The van der Waals surface area contributed by atoms with E-state index in [1.807, 2.05) is 0 Å². The summed E-state index contributed by atoms with van der Waals surface area (Å²) in [6, 6.07) is 4.74. The van der Waals surface area contributed by atoms with Gasteiger partial charge in [-0.05, 0) is 6.07 Å². The van der Waals surface area contributed by atoms with E-state index in [9.17, 15) is 8.42 Å². The van der Waals surface area contributed by atoms with Crippen molar-refractivity contribution in [2.45, 2.75) is 4.90 Å². The lowest BCUT2D eigenvalue weighted by atomic mass is 10.2. The topological polar surface area (TPSA) is 49.9 Å². The lowest BCUT2D eigenvalue weighted by Crippen LogP contribution is -1.91. The number of benzene rings is 1. The zero-order chi connectivity index (χ0) is 10.3. The van der Waals surface area contributed by atoms with Crippen molar-refractivity contribution in [2.24, 2.45) is 0 Å². The van der Waals surface area contributed by atoms with Crippen molar-refractivity contribution < 1.29 is 8.42 Å². The maximum absolute atomic E-state index is 11.2. The fourth-order valence-corrected chi connectivity index (χ4v) is 2.55. The van der Waals surface area contributed by atoms with Gasteiger partial charge in [-0.3, -0.25) is 0 Å². The number of hydrogen-bond donors (Lipinski definition) is 1. The van der Waals surface area contributed by atoms with Crippen molar-refractivity contribution >= 4 is 42.2 Å². The Morgan fingerprint density at radius 1 is 1.29 bits per heavy atom. The summed E-state index contributed by atoms with van der Waals surface area (Å²) in [5.74, 6) is 0. The maximum atomic E-state index is 11.2. The van der Waals surface area contributed by atoms with Gasteiger partial charge < -0.3 is 4.98 Å². The smallest absolute Gasteiger partial charge is 0.263 e. The highest BCUT2D eigenvalue weighted by molar-refractivity contribution is 8.14. The number of aromatic amines is 1. The van der Waals surface area contributed by atoms with Crippen LogP contribution in [0.3, 0.4) is 0 Å². The summed E-state index contributed by atoms with van der Waals surface area (Å²) in [5.41, 5.74) is 0.438. The van der Waals surface area contributed by atoms with E-state index >= 15 is 0 Å². The molecule has 0 spiro atoms. The maximum Gasteiger partial charge on any atom is 0.263 e. The molecule has 0 saturated carbocycles. The third kappa shape index (κ3) is 1.49. The summed E-state index contributed by atoms with van der Waals surface area (Å²) in [5, 5.41) is 1.12. The molecule has 0 fully saturated rings. The Balaban J connectivity index is 2.92. The van der Waals surface area contributed by atoms with Crippen LogP contribution in [0, 0.1) is 0 Å². The standard InChI is InChI=1S/C8H5Cl2NO2S/c9-6-4-11-8-5(6)2-1-3-7(8)14(10,12)13/h1-4,11H.